The fourth-order valence-corrected chi connectivity index (χ4v) is 2.71. The minimum Gasteiger partial charge on any atom is -0.399 e. The van der Waals surface area contributed by atoms with Crippen molar-refractivity contribution < 1.29 is 0 Å². The minimum absolute atomic E-state index is 0.785. The Morgan fingerprint density at radius 1 is 1.20 bits per heavy atom. The van der Waals surface area contributed by atoms with Crippen LogP contribution in [0, 0.1) is 0 Å². The third-order valence-corrected chi connectivity index (χ3v) is 3.92. The van der Waals surface area contributed by atoms with Gasteiger partial charge in [-0.25, -0.2) is 4.98 Å². The first-order valence-corrected chi connectivity index (χ1v) is 7.66. The largest absolute Gasteiger partial charge is 0.399 e. The van der Waals surface area contributed by atoms with E-state index in [1.165, 1.54) is 5.52 Å². The molecule has 0 saturated carbocycles. The highest BCUT2D eigenvalue weighted by molar-refractivity contribution is 5.79. The molecule has 2 rings (SSSR count). The molecule has 1 aromatic carbocycles. The molecule has 0 radical (unpaired) electrons. The number of hydrogen-bond donors (Lipinski definition) is 1. The maximum Gasteiger partial charge on any atom is 0.109 e. The second-order valence-electron chi connectivity index (χ2n) is 5.16. The van der Waals surface area contributed by atoms with Gasteiger partial charge in [0.25, 0.3) is 0 Å². The number of nitrogen functional groups attached to an aromatic ring is 1. The molecule has 2 aromatic rings. The van der Waals surface area contributed by atoms with E-state index in [9.17, 15) is 0 Å². The summed E-state index contributed by atoms with van der Waals surface area (Å²) in [7, 11) is 0. The quantitative estimate of drug-likeness (QED) is 0.790. The van der Waals surface area contributed by atoms with Crippen LogP contribution in [0.15, 0.2) is 18.2 Å². The number of fused-ring (bicyclic) bond motifs is 1. The smallest absolute Gasteiger partial charge is 0.109 e. The van der Waals surface area contributed by atoms with Crippen LogP contribution in [0.25, 0.3) is 11.0 Å². The summed E-state index contributed by atoms with van der Waals surface area (Å²) >= 11 is 0. The molecule has 0 spiro atoms. The van der Waals surface area contributed by atoms with Crippen LogP contribution in [0.1, 0.15) is 33.0 Å². The molecule has 0 saturated heterocycles. The maximum absolute atomic E-state index is 5.84. The molecule has 0 amide bonds. The van der Waals surface area contributed by atoms with Crippen molar-refractivity contribution >= 4 is 16.7 Å². The van der Waals surface area contributed by atoms with Crippen molar-refractivity contribution in [2.45, 2.75) is 40.2 Å². The van der Waals surface area contributed by atoms with Gasteiger partial charge < -0.3 is 15.2 Å². The summed E-state index contributed by atoms with van der Waals surface area (Å²) in [6.45, 7) is 11.0. The lowest BCUT2D eigenvalue weighted by atomic mass is 10.2. The number of aryl methyl sites for hydroxylation is 2. The van der Waals surface area contributed by atoms with Gasteiger partial charge in [-0.05, 0) is 44.3 Å². The van der Waals surface area contributed by atoms with E-state index in [1.807, 2.05) is 12.1 Å². The second-order valence-corrected chi connectivity index (χ2v) is 5.16. The van der Waals surface area contributed by atoms with Gasteiger partial charge in [0.1, 0.15) is 5.82 Å². The van der Waals surface area contributed by atoms with Crippen molar-refractivity contribution in [1.82, 2.24) is 14.5 Å². The molecule has 0 bridgehead atoms. The minimum atomic E-state index is 0.785. The zero-order valence-electron chi connectivity index (χ0n) is 12.9. The highest BCUT2D eigenvalue weighted by Crippen LogP contribution is 2.20. The van der Waals surface area contributed by atoms with Gasteiger partial charge in [0.15, 0.2) is 0 Å². The Kier molecular flexibility index (Phi) is 5.01. The fourth-order valence-electron chi connectivity index (χ4n) is 2.71. The first-order chi connectivity index (χ1) is 9.69. The van der Waals surface area contributed by atoms with E-state index in [2.05, 4.69) is 36.3 Å². The number of nitrogens with zero attached hydrogens (tertiary/aromatic N) is 3. The lowest BCUT2D eigenvalue weighted by Crippen LogP contribution is -2.25. The summed E-state index contributed by atoms with van der Waals surface area (Å²) < 4.78 is 2.35. The van der Waals surface area contributed by atoms with Gasteiger partial charge in [0, 0.05) is 18.7 Å². The SMILES string of the molecule is CCc1nc2cc(N)ccc2n1CCCN(CC)CC. The third kappa shape index (κ3) is 3.12. The number of rotatable bonds is 7. The van der Waals surface area contributed by atoms with E-state index >= 15 is 0 Å². The lowest BCUT2D eigenvalue weighted by molar-refractivity contribution is 0.293. The van der Waals surface area contributed by atoms with Gasteiger partial charge in [-0.3, -0.25) is 0 Å². The van der Waals surface area contributed by atoms with Gasteiger partial charge in [-0.2, -0.15) is 0 Å². The molecule has 0 aliphatic rings. The number of anilines is 1. The second kappa shape index (κ2) is 6.75. The van der Waals surface area contributed by atoms with E-state index in [1.54, 1.807) is 0 Å². The molecule has 0 atom stereocenters. The van der Waals surface area contributed by atoms with Crippen LogP contribution >= 0.6 is 0 Å². The number of aromatic nitrogens is 2. The summed E-state index contributed by atoms with van der Waals surface area (Å²) in [6.07, 6.45) is 2.12. The zero-order valence-corrected chi connectivity index (χ0v) is 12.9. The molecule has 4 heteroatoms. The van der Waals surface area contributed by atoms with Gasteiger partial charge in [0.05, 0.1) is 11.0 Å². The van der Waals surface area contributed by atoms with Crippen molar-refractivity contribution in [3.05, 3.63) is 24.0 Å². The Bertz CT molecular complexity index is 555. The molecule has 0 aliphatic carbocycles. The van der Waals surface area contributed by atoms with Gasteiger partial charge in [-0.15, -0.1) is 0 Å². The molecule has 20 heavy (non-hydrogen) atoms. The number of hydrogen-bond acceptors (Lipinski definition) is 3. The van der Waals surface area contributed by atoms with Crippen LogP contribution in [-0.4, -0.2) is 34.1 Å². The lowest BCUT2D eigenvalue weighted by Gasteiger charge is -2.18. The van der Waals surface area contributed by atoms with Crippen molar-refractivity contribution in [3.8, 4) is 0 Å². The van der Waals surface area contributed by atoms with Gasteiger partial charge in [0.2, 0.25) is 0 Å². The van der Waals surface area contributed by atoms with E-state index in [-0.39, 0.29) is 0 Å². The van der Waals surface area contributed by atoms with Gasteiger partial charge in [-0.1, -0.05) is 20.8 Å². The van der Waals surface area contributed by atoms with Crippen LogP contribution in [0.4, 0.5) is 5.69 Å². The first-order valence-electron chi connectivity index (χ1n) is 7.66. The van der Waals surface area contributed by atoms with Crippen molar-refractivity contribution in [1.29, 1.82) is 0 Å². The van der Waals surface area contributed by atoms with Crippen LogP contribution < -0.4 is 5.73 Å². The highest BCUT2D eigenvalue weighted by Gasteiger charge is 2.09. The number of nitrogens with two attached hydrogens (primary N) is 1. The van der Waals surface area contributed by atoms with Crippen molar-refractivity contribution in [3.63, 3.8) is 0 Å². The third-order valence-electron chi connectivity index (χ3n) is 3.92. The van der Waals surface area contributed by atoms with E-state index in [0.717, 1.165) is 56.0 Å². The Labute approximate surface area is 121 Å². The molecule has 1 heterocycles. The topological polar surface area (TPSA) is 47.1 Å². The molecule has 4 nitrogen and oxygen atoms in total. The molecule has 0 aliphatic heterocycles. The average molecular weight is 274 g/mol. The van der Waals surface area contributed by atoms with E-state index in [4.69, 9.17) is 10.7 Å². The number of benzene rings is 1. The Morgan fingerprint density at radius 3 is 2.60 bits per heavy atom. The normalized spacial score (nSPS) is 11.6. The predicted octanol–water partition coefficient (Wildman–Crippen LogP) is 2.91. The molecular weight excluding hydrogens is 248 g/mol. The summed E-state index contributed by atoms with van der Waals surface area (Å²) in [5, 5.41) is 0. The summed E-state index contributed by atoms with van der Waals surface area (Å²) in [6, 6.07) is 6.02. The number of imidazole rings is 1. The monoisotopic (exact) mass is 274 g/mol. The average Bonchev–Trinajstić information content (AvgIpc) is 2.80. The Balaban J connectivity index is 2.15. The maximum atomic E-state index is 5.84. The zero-order chi connectivity index (χ0) is 14.5. The van der Waals surface area contributed by atoms with Crippen molar-refractivity contribution in [2.24, 2.45) is 0 Å². The van der Waals surface area contributed by atoms with Crippen LogP contribution in [-0.2, 0) is 13.0 Å². The van der Waals surface area contributed by atoms with Crippen LogP contribution in [0.2, 0.25) is 0 Å². The standard InChI is InChI=1S/C16H26N4/c1-4-16-18-14-12-13(17)8-9-15(14)20(16)11-7-10-19(5-2)6-3/h8-9,12H,4-7,10-11,17H2,1-3H3. The molecule has 0 fully saturated rings. The van der Waals surface area contributed by atoms with E-state index in [0.29, 0.717) is 0 Å². The summed E-state index contributed by atoms with van der Waals surface area (Å²) in [5.41, 5.74) is 8.85. The molecule has 1 aromatic heterocycles. The fraction of sp³-hybridized carbons (Fsp3) is 0.562. The molecule has 110 valence electrons. The predicted molar refractivity (Wildman–Crippen MR) is 85.9 cm³/mol. The van der Waals surface area contributed by atoms with Crippen LogP contribution in [0.5, 0.6) is 0 Å². The van der Waals surface area contributed by atoms with Gasteiger partial charge >= 0.3 is 0 Å². The molecule has 2 N–H and O–H groups in total. The first kappa shape index (κ1) is 14.9. The summed E-state index contributed by atoms with van der Waals surface area (Å²) in [5.74, 6) is 1.16. The van der Waals surface area contributed by atoms with Crippen LogP contribution in [0.3, 0.4) is 0 Å². The van der Waals surface area contributed by atoms with Crippen molar-refractivity contribution in [2.75, 3.05) is 25.4 Å². The molecular formula is C16H26N4. The highest BCUT2D eigenvalue weighted by atomic mass is 15.1. The summed E-state index contributed by atoms with van der Waals surface area (Å²) in [4.78, 5) is 7.16. The Hall–Kier alpha value is -1.55. The Morgan fingerprint density at radius 2 is 1.95 bits per heavy atom. The van der Waals surface area contributed by atoms with E-state index < -0.39 is 0 Å². The molecule has 0 unspecified atom stereocenters.